The second-order valence-corrected chi connectivity index (χ2v) is 8.40. The number of hydrogen-bond donors (Lipinski definition) is 0. The molecule has 0 fully saturated rings. The molecule has 4 rings (SSSR count). The lowest BCUT2D eigenvalue weighted by Crippen LogP contribution is -2.40. The zero-order valence-electron chi connectivity index (χ0n) is 18.9. The molecule has 0 bridgehead atoms. The van der Waals surface area contributed by atoms with Crippen LogP contribution in [0.2, 0.25) is 0 Å². The minimum Gasteiger partial charge on any atom is -0.496 e. The van der Waals surface area contributed by atoms with Crippen molar-refractivity contribution in [3.63, 3.8) is 0 Å². The maximum Gasteiger partial charge on any atom is 0.337 e. The van der Waals surface area contributed by atoms with Gasteiger partial charge in [0, 0.05) is 12.1 Å². The fourth-order valence-corrected chi connectivity index (χ4v) is 3.93. The molecule has 0 saturated heterocycles. The molecule has 2 heterocycles. The summed E-state index contributed by atoms with van der Waals surface area (Å²) < 4.78 is 10.2. The summed E-state index contributed by atoms with van der Waals surface area (Å²) in [6.45, 7) is 6.87. The van der Waals surface area contributed by atoms with E-state index in [1.54, 1.807) is 22.6 Å². The zero-order valence-corrected chi connectivity index (χ0v) is 18.9. The molecule has 0 aliphatic heterocycles. The Morgan fingerprint density at radius 2 is 1.75 bits per heavy atom. The van der Waals surface area contributed by atoms with E-state index in [-0.39, 0.29) is 11.2 Å². The maximum atomic E-state index is 13.5. The van der Waals surface area contributed by atoms with E-state index in [4.69, 9.17) is 4.74 Å². The summed E-state index contributed by atoms with van der Waals surface area (Å²) in [4.78, 5) is 31.5. The highest BCUT2D eigenvalue weighted by Gasteiger charge is 2.20. The van der Waals surface area contributed by atoms with Gasteiger partial charge in [-0.1, -0.05) is 50.2 Å². The standard InChI is InChI=1S/C25H28N4O3/c1-17(2)13-14-28-24(30)22-23(29(25(28)31)20-11-7-5-9-18(20)3)26-16-27(22)15-19-10-6-8-12-21(19)32-4/h5-12,16-17H,13-15H2,1-4H3. The van der Waals surface area contributed by atoms with Gasteiger partial charge in [0.1, 0.15) is 5.75 Å². The minimum atomic E-state index is -0.361. The SMILES string of the molecule is COc1ccccc1Cn1cnc2c1c(=O)n(CCC(C)C)c(=O)n2-c1ccccc1C. The average Bonchev–Trinajstić information content (AvgIpc) is 3.18. The van der Waals surface area contributed by atoms with E-state index in [2.05, 4.69) is 18.8 Å². The molecule has 0 aliphatic carbocycles. The summed E-state index contributed by atoms with van der Waals surface area (Å²) in [5, 5.41) is 0. The average molecular weight is 433 g/mol. The molecule has 32 heavy (non-hydrogen) atoms. The smallest absolute Gasteiger partial charge is 0.337 e. The van der Waals surface area contributed by atoms with E-state index in [9.17, 15) is 9.59 Å². The maximum absolute atomic E-state index is 13.5. The highest BCUT2D eigenvalue weighted by molar-refractivity contribution is 5.73. The normalized spacial score (nSPS) is 11.4. The molecule has 0 spiro atoms. The lowest BCUT2D eigenvalue weighted by Gasteiger charge is -2.15. The molecule has 2 aromatic carbocycles. The Labute approximate surface area is 186 Å². The van der Waals surface area contributed by atoms with Gasteiger partial charge in [-0.3, -0.25) is 9.36 Å². The third-order valence-corrected chi connectivity index (χ3v) is 5.72. The van der Waals surface area contributed by atoms with Crippen LogP contribution in [0.25, 0.3) is 16.9 Å². The molecule has 4 aromatic rings. The van der Waals surface area contributed by atoms with Crippen molar-refractivity contribution in [1.82, 2.24) is 18.7 Å². The third kappa shape index (κ3) is 3.86. The second kappa shape index (κ2) is 8.86. The first-order chi connectivity index (χ1) is 15.4. The summed E-state index contributed by atoms with van der Waals surface area (Å²) in [6, 6.07) is 15.3. The van der Waals surface area contributed by atoms with Crippen LogP contribution < -0.4 is 16.0 Å². The van der Waals surface area contributed by atoms with E-state index in [1.807, 2.05) is 55.5 Å². The van der Waals surface area contributed by atoms with E-state index >= 15 is 0 Å². The van der Waals surface area contributed by atoms with Crippen LogP contribution in [0.1, 0.15) is 31.4 Å². The van der Waals surface area contributed by atoms with Crippen molar-refractivity contribution in [2.45, 2.75) is 40.3 Å². The fourth-order valence-electron chi connectivity index (χ4n) is 3.93. The molecular formula is C25H28N4O3. The van der Waals surface area contributed by atoms with Crippen LogP contribution in [0, 0.1) is 12.8 Å². The third-order valence-electron chi connectivity index (χ3n) is 5.72. The number of benzene rings is 2. The largest absolute Gasteiger partial charge is 0.496 e. The predicted octanol–water partition coefficient (Wildman–Crippen LogP) is 3.76. The molecule has 0 aliphatic rings. The van der Waals surface area contributed by atoms with Gasteiger partial charge in [0.15, 0.2) is 11.2 Å². The van der Waals surface area contributed by atoms with Gasteiger partial charge in [-0.05, 0) is 37.0 Å². The van der Waals surface area contributed by atoms with E-state index in [0.717, 1.165) is 29.0 Å². The molecule has 166 valence electrons. The number of aryl methyl sites for hydroxylation is 1. The number of imidazole rings is 1. The molecule has 7 nitrogen and oxygen atoms in total. The first-order valence-corrected chi connectivity index (χ1v) is 10.8. The molecule has 7 heteroatoms. The number of ether oxygens (including phenoxy) is 1. The zero-order chi connectivity index (χ0) is 22.8. The van der Waals surface area contributed by atoms with Gasteiger partial charge in [-0.15, -0.1) is 0 Å². The molecule has 0 saturated carbocycles. The molecule has 0 N–H and O–H groups in total. The minimum absolute atomic E-state index is 0.317. The predicted molar refractivity (Wildman–Crippen MR) is 126 cm³/mol. The summed E-state index contributed by atoms with van der Waals surface area (Å²) >= 11 is 0. The van der Waals surface area contributed by atoms with Crippen molar-refractivity contribution >= 4 is 11.2 Å². The van der Waals surface area contributed by atoms with Crippen molar-refractivity contribution in [2.24, 2.45) is 5.92 Å². The molecule has 2 aromatic heterocycles. The Bertz CT molecular complexity index is 1380. The fraction of sp³-hybridized carbons (Fsp3) is 0.320. The van der Waals surface area contributed by atoms with Crippen LogP contribution in [-0.2, 0) is 13.1 Å². The van der Waals surface area contributed by atoms with Crippen molar-refractivity contribution in [2.75, 3.05) is 7.11 Å². The Kier molecular flexibility index (Phi) is 5.99. The lowest BCUT2D eigenvalue weighted by atomic mass is 10.1. The van der Waals surface area contributed by atoms with Gasteiger partial charge >= 0.3 is 5.69 Å². The highest BCUT2D eigenvalue weighted by atomic mass is 16.5. The Morgan fingerprint density at radius 1 is 1.03 bits per heavy atom. The van der Waals surface area contributed by atoms with Crippen molar-refractivity contribution in [1.29, 1.82) is 0 Å². The molecule has 0 amide bonds. The number of hydrogen-bond acceptors (Lipinski definition) is 4. The van der Waals surface area contributed by atoms with Crippen LogP contribution in [0.15, 0.2) is 64.4 Å². The monoisotopic (exact) mass is 432 g/mol. The number of nitrogens with zero attached hydrogens (tertiary/aromatic N) is 4. The first-order valence-electron chi connectivity index (χ1n) is 10.8. The Morgan fingerprint density at radius 3 is 2.47 bits per heavy atom. The van der Waals surface area contributed by atoms with Crippen LogP contribution in [0.5, 0.6) is 5.75 Å². The molecular weight excluding hydrogens is 404 g/mol. The second-order valence-electron chi connectivity index (χ2n) is 8.40. The van der Waals surface area contributed by atoms with Gasteiger partial charge in [0.2, 0.25) is 0 Å². The summed E-state index contributed by atoms with van der Waals surface area (Å²) in [5.74, 6) is 1.10. The number of methoxy groups -OCH3 is 1. The van der Waals surface area contributed by atoms with E-state index < -0.39 is 0 Å². The van der Waals surface area contributed by atoms with Gasteiger partial charge in [0.25, 0.3) is 5.56 Å². The van der Waals surface area contributed by atoms with Crippen molar-refractivity contribution < 1.29 is 4.74 Å². The molecule has 0 atom stereocenters. The van der Waals surface area contributed by atoms with Crippen LogP contribution in [-0.4, -0.2) is 25.8 Å². The molecule has 0 radical (unpaired) electrons. The Hall–Kier alpha value is -3.61. The van der Waals surface area contributed by atoms with Crippen molar-refractivity contribution in [3.05, 3.63) is 86.8 Å². The summed E-state index contributed by atoms with van der Waals surface area (Å²) in [7, 11) is 1.62. The Balaban J connectivity index is 1.99. The van der Waals surface area contributed by atoms with Crippen LogP contribution in [0.4, 0.5) is 0 Å². The number of para-hydroxylation sites is 2. The van der Waals surface area contributed by atoms with Gasteiger partial charge in [-0.2, -0.15) is 0 Å². The lowest BCUT2D eigenvalue weighted by molar-refractivity contribution is 0.408. The van der Waals surface area contributed by atoms with Crippen molar-refractivity contribution in [3.8, 4) is 11.4 Å². The van der Waals surface area contributed by atoms with Gasteiger partial charge in [0.05, 0.1) is 25.7 Å². The van der Waals surface area contributed by atoms with Crippen LogP contribution in [0.3, 0.4) is 0 Å². The quantitative estimate of drug-likeness (QED) is 0.446. The summed E-state index contributed by atoms with van der Waals surface area (Å²) in [5.41, 5.74) is 2.68. The van der Waals surface area contributed by atoms with Crippen LogP contribution >= 0.6 is 0 Å². The first kappa shape index (κ1) is 21.6. The van der Waals surface area contributed by atoms with E-state index in [1.165, 1.54) is 4.57 Å². The highest BCUT2D eigenvalue weighted by Crippen LogP contribution is 2.21. The summed E-state index contributed by atoms with van der Waals surface area (Å²) in [6.07, 6.45) is 2.36. The topological polar surface area (TPSA) is 71.1 Å². The number of aromatic nitrogens is 4. The number of fused-ring (bicyclic) bond motifs is 1. The van der Waals surface area contributed by atoms with Gasteiger partial charge in [-0.25, -0.2) is 14.3 Å². The van der Waals surface area contributed by atoms with Gasteiger partial charge < -0.3 is 9.30 Å². The number of rotatable bonds is 7. The van der Waals surface area contributed by atoms with E-state index in [0.29, 0.717) is 30.2 Å². The molecule has 0 unspecified atom stereocenters.